The molecule has 27 heavy (non-hydrogen) atoms. The molecule has 0 aliphatic rings. The van der Waals surface area contributed by atoms with E-state index in [0.717, 1.165) is 25.3 Å². The van der Waals surface area contributed by atoms with Crippen LogP contribution in [0.25, 0.3) is 0 Å². The number of hydrogen-bond acceptors (Lipinski definition) is 3. The van der Waals surface area contributed by atoms with Crippen molar-refractivity contribution in [2.24, 2.45) is 0 Å². The number of rotatable bonds is 7. The number of carbonyl (C=O) groups excluding carboxylic acids is 2. The summed E-state index contributed by atoms with van der Waals surface area (Å²) in [5.41, 5.74) is -1.14. The maximum atomic E-state index is 13.0. The van der Waals surface area contributed by atoms with E-state index in [2.05, 4.69) is 15.6 Å². The lowest BCUT2D eigenvalue weighted by molar-refractivity contribution is -0.136. The smallest absolute Gasteiger partial charge is 0.352 e. The SMILES string of the molecule is CCCCCNC(=O)c1cncc(C(=O)Nc2ccccc2C(F)(F)F)c1. The van der Waals surface area contributed by atoms with Gasteiger partial charge < -0.3 is 10.6 Å². The number of hydrogen-bond donors (Lipinski definition) is 2. The van der Waals surface area contributed by atoms with Gasteiger partial charge in [0.25, 0.3) is 11.8 Å². The van der Waals surface area contributed by atoms with E-state index >= 15 is 0 Å². The molecule has 0 bridgehead atoms. The minimum Gasteiger partial charge on any atom is -0.352 e. The lowest BCUT2D eigenvalue weighted by Crippen LogP contribution is -2.25. The average Bonchev–Trinajstić information content (AvgIpc) is 2.64. The quantitative estimate of drug-likeness (QED) is 0.706. The van der Waals surface area contributed by atoms with Crippen molar-refractivity contribution in [2.75, 3.05) is 11.9 Å². The van der Waals surface area contributed by atoms with Gasteiger partial charge >= 0.3 is 6.18 Å². The van der Waals surface area contributed by atoms with Crippen molar-refractivity contribution in [3.8, 4) is 0 Å². The number of unbranched alkanes of at least 4 members (excludes halogenated alkanes) is 2. The fraction of sp³-hybridized carbons (Fsp3) is 0.316. The Balaban J connectivity index is 2.11. The summed E-state index contributed by atoms with van der Waals surface area (Å²) in [7, 11) is 0. The van der Waals surface area contributed by atoms with E-state index in [1.165, 1.54) is 36.7 Å². The molecule has 0 unspecified atom stereocenters. The van der Waals surface area contributed by atoms with Crippen LogP contribution in [-0.4, -0.2) is 23.3 Å². The number of pyridine rings is 1. The van der Waals surface area contributed by atoms with Crippen LogP contribution in [0.1, 0.15) is 52.5 Å². The van der Waals surface area contributed by atoms with Gasteiger partial charge in [-0.15, -0.1) is 0 Å². The number of anilines is 1. The maximum Gasteiger partial charge on any atom is 0.418 e. The van der Waals surface area contributed by atoms with E-state index in [1.807, 2.05) is 6.92 Å². The number of nitrogens with zero attached hydrogens (tertiary/aromatic N) is 1. The largest absolute Gasteiger partial charge is 0.418 e. The van der Waals surface area contributed by atoms with Gasteiger partial charge in [-0.25, -0.2) is 0 Å². The van der Waals surface area contributed by atoms with Gasteiger partial charge in [0.2, 0.25) is 0 Å². The Kier molecular flexibility index (Phi) is 6.92. The molecule has 0 saturated carbocycles. The molecule has 0 aliphatic heterocycles. The number of alkyl halides is 3. The highest BCUT2D eigenvalue weighted by molar-refractivity contribution is 6.06. The van der Waals surface area contributed by atoms with E-state index in [9.17, 15) is 22.8 Å². The predicted octanol–water partition coefficient (Wildman–Crippen LogP) is 4.27. The fourth-order valence-corrected chi connectivity index (χ4v) is 2.40. The van der Waals surface area contributed by atoms with E-state index in [4.69, 9.17) is 0 Å². The molecule has 2 aromatic rings. The van der Waals surface area contributed by atoms with Crippen molar-refractivity contribution < 1.29 is 22.8 Å². The third-order valence-corrected chi connectivity index (χ3v) is 3.81. The van der Waals surface area contributed by atoms with Crippen LogP contribution in [0, 0.1) is 0 Å². The molecule has 0 radical (unpaired) electrons. The molecule has 0 fully saturated rings. The summed E-state index contributed by atoms with van der Waals surface area (Å²) in [6.45, 7) is 2.55. The number of para-hydroxylation sites is 1. The van der Waals surface area contributed by atoms with Gasteiger partial charge in [0.05, 0.1) is 22.4 Å². The molecule has 0 spiro atoms. The van der Waals surface area contributed by atoms with Crippen LogP contribution < -0.4 is 10.6 Å². The first-order valence-corrected chi connectivity index (χ1v) is 8.53. The van der Waals surface area contributed by atoms with Gasteiger partial charge in [-0.3, -0.25) is 14.6 Å². The second-order valence-corrected chi connectivity index (χ2v) is 5.92. The Bertz CT molecular complexity index is 807. The van der Waals surface area contributed by atoms with Crippen LogP contribution in [0.4, 0.5) is 18.9 Å². The highest BCUT2D eigenvalue weighted by atomic mass is 19.4. The van der Waals surface area contributed by atoms with Crippen molar-refractivity contribution >= 4 is 17.5 Å². The molecular weight excluding hydrogens is 359 g/mol. The van der Waals surface area contributed by atoms with Crippen LogP contribution in [-0.2, 0) is 6.18 Å². The molecule has 8 heteroatoms. The molecular formula is C19H20F3N3O2. The predicted molar refractivity (Wildman–Crippen MR) is 95.5 cm³/mol. The molecule has 5 nitrogen and oxygen atoms in total. The summed E-state index contributed by atoms with van der Waals surface area (Å²) < 4.78 is 39.1. The van der Waals surface area contributed by atoms with Crippen LogP contribution in [0.3, 0.4) is 0 Å². The summed E-state index contributed by atoms with van der Waals surface area (Å²) >= 11 is 0. The molecule has 0 aliphatic carbocycles. The highest BCUT2D eigenvalue weighted by Gasteiger charge is 2.33. The second kappa shape index (κ2) is 9.16. The number of halogens is 3. The van der Waals surface area contributed by atoms with Crippen molar-refractivity contribution in [3.05, 3.63) is 59.4 Å². The Hall–Kier alpha value is -2.90. The van der Waals surface area contributed by atoms with Gasteiger partial charge in [-0.1, -0.05) is 31.9 Å². The summed E-state index contributed by atoms with van der Waals surface area (Å²) in [6, 6.07) is 5.98. The first-order valence-electron chi connectivity index (χ1n) is 8.53. The second-order valence-electron chi connectivity index (χ2n) is 5.92. The average molecular weight is 379 g/mol. The first-order chi connectivity index (χ1) is 12.8. The first kappa shape index (κ1) is 20.4. The zero-order valence-corrected chi connectivity index (χ0v) is 14.8. The van der Waals surface area contributed by atoms with Crippen LogP contribution in [0.15, 0.2) is 42.7 Å². The summed E-state index contributed by atoms with van der Waals surface area (Å²) in [5, 5.41) is 4.95. The molecule has 0 atom stereocenters. The highest BCUT2D eigenvalue weighted by Crippen LogP contribution is 2.34. The summed E-state index contributed by atoms with van der Waals surface area (Å²) in [4.78, 5) is 28.3. The summed E-state index contributed by atoms with van der Waals surface area (Å²) in [6.07, 6.45) is 0.744. The normalized spacial score (nSPS) is 11.1. The topological polar surface area (TPSA) is 71.1 Å². The molecule has 1 aromatic carbocycles. The van der Waals surface area contributed by atoms with Crippen LogP contribution in [0.5, 0.6) is 0 Å². The Morgan fingerprint density at radius 2 is 1.70 bits per heavy atom. The van der Waals surface area contributed by atoms with Gasteiger partial charge in [-0.2, -0.15) is 13.2 Å². The van der Waals surface area contributed by atoms with Crippen molar-refractivity contribution in [1.82, 2.24) is 10.3 Å². The van der Waals surface area contributed by atoms with Gasteiger partial charge in [0, 0.05) is 18.9 Å². The van der Waals surface area contributed by atoms with Crippen LogP contribution in [0.2, 0.25) is 0 Å². The minimum absolute atomic E-state index is 0.00631. The summed E-state index contributed by atoms with van der Waals surface area (Å²) in [5.74, 6) is -1.16. The number of nitrogens with one attached hydrogen (secondary N) is 2. The van der Waals surface area contributed by atoms with E-state index in [1.54, 1.807) is 0 Å². The van der Waals surface area contributed by atoms with Gasteiger partial charge in [-0.05, 0) is 24.6 Å². The molecule has 0 saturated heterocycles. The number of amides is 2. The number of aromatic nitrogens is 1. The maximum absolute atomic E-state index is 13.0. The third kappa shape index (κ3) is 5.80. The van der Waals surface area contributed by atoms with Gasteiger partial charge in [0.1, 0.15) is 0 Å². The van der Waals surface area contributed by atoms with E-state index in [0.29, 0.717) is 6.54 Å². The van der Waals surface area contributed by atoms with Gasteiger partial charge in [0.15, 0.2) is 0 Å². The molecule has 2 N–H and O–H groups in total. The van der Waals surface area contributed by atoms with Crippen molar-refractivity contribution in [1.29, 1.82) is 0 Å². The van der Waals surface area contributed by atoms with Crippen molar-refractivity contribution in [2.45, 2.75) is 32.4 Å². The molecule has 2 rings (SSSR count). The zero-order chi connectivity index (χ0) is 19.9. The number of carbonyl (C=O) groups is 2. The van der Waals surface area contributed by atoms with Crippen molar-refractivity contribution in [3.63, 3.8) is 0 Å². The van der Waals surface area contributed by atoms with E-state index in [-0.39, 0.29) is 22.7 Å². The Morgan fingerprint density at radius 3 is 2.37 bits per heavy atom. The minimum atomic E-state index is -4.59. The lowest BCUT2D eigenvalue weighted by atomic mass is 10.1. The molecule has 1 aromatic heterocycles. The van der Waals surface area contributed by atoms with Crippen LogP contribution >= 0.6 is 0 Å². The fourth-order valence-electron chi connectivity index (χ4n) is 2.40. The molecule has 2 amide bonds. The Morgan fingerprint density at radius 1 is 1.04 bits per heavy atom. The standard InChI is InChI=1S/C19H20F3N3O2/c1-2-3-6-9-24-17(26)13-10-14(12-23-11-13)18(27)25-16-8-5-4-7-15(16)19(20,21)22/h4-5,7-8,10-12H,2-3,6,9H2,1H3,(H,24,26)(H,25,27). The van der Waals surface area contributed by atoms with E-state index < -0.39 is 17.6 Å². The zero-order valence-electron chi connectivity index (χ0n) is 14.8. The molecule has 144 valence electrons. The Labute approximate surface area is 155 Å². The molecule has 1 heterocycles. The lowest BCUT2D eigenvalue weighted by Gasteiger charge is -2.13. The monoisotopic (exact) mass is 379 g/mol. The number of benzene rings is 1. The third-order valence-electron chi connectivity index (χ3n) is 3.81.